The molecule has 0 unspecified atom stereocenters. The van der Waals surface area contributed by atoms with Crippen molar-refractivity contribution in [2.45, 2.75) is 44.4 Å². The van der Waals surface area contributed by atoms with Crippen molar-refractivity contribution in [3.63, 3.8) is 0 Å². The Bertz CT molecular complexity index is 1190. The van der Waals surface area contributed by atoms with E-state index >= 15 is 0 Å². The minimum absolute atomic E-state index is 0.0152. The fourth-order valence-electron chi connectivity index (χ4n) is 4.72. The molecule has 1 aromatic heterocycles. The first-order valence-corrected chi connectivity index (χ1v) is 12.7. The highest BCUT2D eigenvalue weighted by Crippen LogP contribution is 2.52. The van der Waals surface area contributed by atoms with Gasteiger partial charge in [0.1, 0.15) is 5.15 Å². The quantitative estimate of drug-likeness (QED) is 0.629. The zero-order valence-corrected chi connectivity index (χ0v) is 19.1. The first-order chi connectivity index (χ1) is 14.2. The average molecular weight is 443 g/mol. The summed E-state index contributed by atoms with van der Waals surface area (Å²) in [5, 5.41) is 6.14. The number of fused-ring (bicyclic) bond motifs is 1. The van der Waals surface area contributed by atoms with Crippen LogP contribution in [-0.2, 0) is 15.3 Å². The predicted molar refractivity (Wildman–Crippen MR) is 125 cm³/mol. The van der Waals surface area contributed by atoms with Crippen LogP contribution >= 0.6 is 11.6 Å². The molecule has 2 aromatic rings. The Morgan fingerprint density at radius 2 is 1.97 bits per heavy atom. The molecule has 0 bridgehead atoms. The molecule has 0 radical (unpaired) electrons. The van der Waals surface area contributed by atoms with E-state index in [0.717, 1.165) is 41.3 Å². The second kappa shape index (κ2) is 7.86. The molecule has 0 atom stereocenters. The van der Waals surface area contributed by atoms with Crippen LogP contribution in [-0.4, -0.2) is 25.4 Å². The number of sulfone groups is 1. The highest BCUT2D eigenvalue weighted by Gasteiger charge is 2.44. The molecular formula is C24H27ClN2O2S. The van der Waals surface area contributed by atoms with Crippen molar-refractivity contribution in [1.29, 1.82) is 0 Å². The number of hydrogen-bond acceptors (Lipinski definition) is 4. The lowest BCUT2D eigenvalue weighted by molar-refractivity contribution is 0.285. The lowest BCUT2D eigenvalue weighted by Gasteiger charge is -2.46. The summed E-state index contributed by atoms with van der Waals surface area (Å²) in [5.41, 5.74) is 3.98. The van der Waals surface area contributed by atoms with E-state index in [9.17, 15) is 8.42 Å². The number of halogens is 1. The van der Waals surface area contributed by atoms with Crippen LogP contribution in [0.2, 0.25) is 5.15 Å². The van der Waals surface area contributed by atoms with E-state index in [2.05, 4.69) is 36.3 Å². The SMILES string of the molecule is CC(C)c1ccc(C2(C3=C(CS(C)(=O)=O)C=CC=CN3)CCC2)c2cnc(Cl)cc12. The van der Waals surface area contributed by atoms with Gasteiger partial charge in [0.25, 0.3) is 0 Å². The summed E-state index contributed by atoms with van der Waals surface area (Å²) in [5.74, 6) is 0.376. The van der Waals surface area contributed by atoms with Crippen molar-refractivity contribution in [3.05, 3.63) is 76.4 Å². The van der Waals surface area contributed by atoms with Gasteiger partial charge in [-0.25, -0.2) is 13.4 Å². The Morgan fingerprint density at radius 3 is 2.60 bits per heavy atom. The summed E-state index contributed by atoms with van der Waals surface area (Å²) < 4.78 is 24.3. The van der Waals surface area contributed by atoms with Gasteiger partial charge in [-0.1, -0.05) is 56.2 Å². The van der Waals surface area contributed by atoms with Crippen LogP contribution < -0.4 is 5.32 Å². The zero-order chi connectivity index (χ0) is 21.5. The molecule has 2 aliphatic rings. The minimum Gasteiger partial charge on any atom is -0.364 e. The Hall–Kier alpha value is -2.11. The number of nitrogens with zero attached hydrogens (tertiary/aromatic N) is 1. The first-order valence-electron chi connectivity index (χ1n) is 10.3. The monoisotopic (exact) mass is 442 g/mol. The van der Waals surface area contributed by atoms with Crippen molar-refractivity contribution in [3.8, 4) is 0 Å². The maximum atomic E-state index is 12.2. The molecule has 30 heavy (non-hydrogen) atoms. The normalized spacial score (nSPS) is 18.4. The Labute approximate surface area is 183 Å². The summed E-state index contributed by atoms with van der Waals surface area (Å²) in [7, 11) is -3.17. The number of aromatic nitrogens is 1. The second-order valence-corrected chi connectivity index (χ2v) is 11.2. The highest BCUT2D eigenvalue weighted by molar-refractivity contribution is 7.90. The largest absolute Gasteiger partial charge is 0.364 e. The maximum Gasteiger partial charge on any atom is 0.151 e. The molecule has 4 nitrogen and oxygen atoms in total. The molecule has 1 aliphatic heterocycles. The van der Waals surface area contributed by atoms with Crippen LogP contribution in [0.5, 0.6) is 0 Å². The third-order valence-electron chi connectivity index (χ3n) is 6.20. The molecule has 2 heterocycles. The minimum atomic E-state index is -3.17. The first kappa shape index (κ1) is 21.1. The molecule has 1 saturated carbocycles. The summed E-state index contributed by atoms with van der Waals surface area (Å²) in [6, 6.07) is 6.35. The van der Waals surface area contributed by atoms with E-state index in [0.29, 0.717) is 11.1 Å². The van der Waals surface area contributed by atoms with Gasteiger partial charge in [0.2, 0.25) is 0 Å². The molecule has 1 aliphatic carbocycles. The van der Waals surface area contributed by atoms with Crippen molar-refractivity contribution in [2.75, 3.05) is 12.0 Å². The topological polar surface area (TPSA) is 59.1 Å². The summed E-state index contributed by atoms with van der Waals surface area (Å²) in [4.78, 5) is 4.39. The van der Waals surface area contributed by atoms with E-state index in [1.54, 1.807) is 0 Å². The van der Waals surface area contributed by atoms with Crippen LogP contribution in [0.3, 0.4) is 0 Å². The lowest BCUT2D eigenvalue weighted by atomic mass is 9.60. The summed E-state index contributed by atoms with van der Waals surface area (Å²) >= 11 is 6.26. The highest BCUT2D eigenvalue weighted by atomic mass is 35.5. The third-order valence-corrected chi connectivity index (χ3v) is 7.24. The maximum absolute atomic E-state index is 12.2. The number of nitrogens with one attached hydrogen (secondary N) is 1. The van der Waals surface area contributed by atoms with Crippen LogP contribution in [0, 0.1) is 0 Å². The van der Waals surface area contributed by atoms with Gasteiger partial charge in [0, 0.05) is 35.2 Å². The summed E-state index contributed by atoms with van der Waals surface area (Å²) in [6.07, 6.45) is 13.8. The number of hydrogen-bond donors (Lipinski definition) is 1. The van der Waals surface area contributed by atoms with Gasteiger partial charge in [0.05, 0.1) is 5.75 Å². The van der Waals surface area contributed by atoms with Crippen molar-refractivity contribution in [1.82, 2.24) is 10.3 Å². The standard InChI is InChI=1S/C24H27ClN2O2S/c1-16(2)18-8-9-21(20-14-27-22(25)13-19(18)20)24(10-6-11-24)23-17(15-30(3,28)29)7-4-5-12-26-23/h4-5,7-9,12-14,16,26H,6,10-11,15H2,1-3H3. The molecule has 0 saturated heterocycles. The Kier molecular flexibility index (Phi) is 5.54. The van der Waals surface area contributed by atoms with Crippen molar-refractivity contribution >= 4 is 32.2 Å². The van der Waals surface area contributed by atoms with Gasteiger partial charge < -0.3 is 5.32 Å². The van der Waals surface area contributed by atoms with Gasteiger partial charge in [0.15, 0.2) is 9.84 Å². The number of benzene rings is 1. The van der Waals surface area contributed by atoms with E-state index in [4.69, 9.17) is 11.6 Å². The average Bonchev–Trinajstić information content (AvgIpc) is 2.85. The summed E-state index contributed by atoms with van der Waals surface area (Å²) in [6.45, 7) is 4.36. The van der Waals surface area contributed by atoms with Gasteiger partial charge in [-0.3, -0.25) is 0 Å². The van der Waals surface area contributed by atoms with Crippen molar-refractivity contribution < 1.29 is 8.42 Å². The Morgan fingerprint density at radius 1 is 1.20 bits per heavy atom. The van der Waals surface area contributed by atoms with Gasteiger partial charge in [-0.2, -0.15) is 0 Å². The predicted octanol–water partition coefficient (Wildman–Crippen LogP) is 5.41. The van der Waals surface area contributed by atoms with Gasteiger partial charge in [-0.15, -0.1) is 0 Å². The molecule has 4 rings (SSSR count). The number of allylic oxidation sites excluding steroid dienone is 4. The molecule has 1 N–H and O–H groups in total. The Balaban J connectivity index is 1.98. The number of rotatable bonds is 5. The zero-order valence-electron chi connectivity index (χ0n) is 17.6. The van der Waals surface area contributed by atoms with Crippen LogP contribution in [0.15, 0.2) is 60.1 Å². The van der Waals surface area contributed by atoms with Gasteiger partial charge in [-0.05, 0) is 53.0 Å². The van der Waals surface area contributed by atoms with Crippen LogP contribution in [0.25, 0.3) is 10.8 Å². The smallest absolute Gasteiger partial charge is 0.151 e. The fraction of sp³-hybridized carbons (Fsp3) is 0.375. The molecular weight excluding hydrogens is 416 g/mol. The van der Waals surface area contributed by atoms with E-state index in [1.807, 2.05) is 36.7 Å². The molecule has 1 aromatic carbocycles. The van der Waals surface area contributed by atoms with Crippen LogP contribution in [0.4, 0.5) is 0 Å². The van der Waals surface area contributed by atoms with E-state index in [1.165, 1.54) is 17.4 Å². The van der Waals surface area contributed by atoms with E-state index in [-0.39, 0.29) is 11.2 Å². The molecule has 6 heteroatoms. The fourth-order valence-corrected chi connectivity index (χ4v) is 5.69. The van der Waals surface area contributed by atoms with Crippen molar-refractivity contribution in [2.24, 2.45) is 0 Å². The van der Waals surface area contributed by atoms with Crippen LogP contribution in [0.1, 0.15) is 50.2 Å². The molecule has 158 valence electrons. The van der Waals surface area contributed by atoms with Gasteiger partial charge >= 0.3 is 0 Å². The van der Waals surface area contributed by atoms with E-state index < -0.39 is 9.84 Å². The molecule has 0 amide bonds. The molecule has 1 fully saturated rings. The number of pyridine rings is 1. The third kappa shape index (κ3) is 3.81. The lowest BCUT2D eigenvalue weighted by Crippen LogP contribution is -2.42. The molecule has 0 spiro atoms. The second-order valence-electron chi connectivity index (χ2n) is 8.68.